The van der Waals surface area contributed by atoms with Crippen LogP contribution in [0.4, 0.5) is 10.1 Å². The summed E-state index contributed by atoms with van der Waals surface area (Å²) in [6, 6.07) is 12.5. The van der Waals surface area contributed by atoms with Crippen LogP contribution in [0, 0.1) is 19.7 Å². The van der Waals surface area contributed by atoms with Crippen LogP contribution in [0.3, 0.4) is 0 Å². The second-order valence-corrected chi connectivity index (χ2v) is 4.61. The van der Waals surface area contributed by atoms with E-state index in [1.165, 1.54) is 23.3 Å². The van der Waals surface area contributed by atoms with E-state index in [9.17, 15) is 4.39 Å². The maximum atomic E-state index is 12.7. The van der Waals surface area contributed by atoms with E-state index < -0.39 is 0 Å². The van der Waals surface area contributed by atoms with Crippen LogP contribution < -0.4 is 10.1 Å². The molecule has 0 saturated carbocycles. The van der Waals surface area contributed by atoms with Gasteiger partial charge in [-0.15, -0.1) is 0 Å². The van der Waals surface area contributed by atoms with Gasteiger partial charge in [-0.1, -0.05) is 6.07 Å². The first-order valence-electron chi connectivity index (χ1n) is 6.34. The molecule has 2 aromatic rings. The quantitative estimate of drug-likeness (QED) is 0.821. The van der Waals surface area contributed by atoms with Gasteiger partial charge in [0, 0.05) is 12.2 Å². The van der Waals surface area contributed by atoms with Gasteiger partial charge in [-0.3, -0.25) is 0 Å². The van der Waals surface area contributed by atoms with Gasteiger partial charge in [-0.2, -0.15) is 0 Å². The molecule has 19 heavy (non-hydrogen) atoms. The lowest BCUT2D eigenvalue weighted by molar-refractivity contribution is 0.332. The van der Waals surface area contributed by atoms with Crippen LogP contribution in [0.25, 0.3) is 0 Å². The van der Waals surface area contributed by atoms with Crippen LogP contribution in [0.2, 0.25) is 0 Å². The number of hydrogen-bond acceptors (Lipinski definition) is 2. The maximum absolute atomic E-state index is 12.7. The monoisotopic (exact) mass is 259 g/mol. The molecule has 0 fully saturated rings. The molecule has 0 aromatic heterocycles. The highest BCUT2D eigenvalue weighted by Crippen LogP contribution is 2.16. The molecule has 0 unspecified atom stereocenters. The van der Waals surface area contributed by atoms with E-state index in [0.717, 1.165) is 11.4 Å². The van der Waals surface area contributed by atoms with Crippen molar-refractivity contribution in [2.75, 3.05) is 18.5 Å². The summed E-state index contributed by atoms with van der Waals surface area (Å²) < 4.78 is 18.4. The minimum Gasteiger partial charge on any atom is -0.492 e. The maximum Gasteiger partial charge on any atom is 0.123 e. The molecule has 0 amide bonds. The number of benzene rings is 2. The number of nitrogens with one attached hydrogen (secondary N) is 1. The highest BCUT2D eigenvalue weighted by molar-refractivity contribution is 5.42. The fraction of sp³-hybridized carbons (Fsp3) is 0.250. The van der Waals surface area contributed by atoms with Crippen LogP contribution in [0.1, 0.15) is 11.1 Å². The fourth-order valence-corrected chi connectivity index (χ4v) is 1.95. The van der Waals surface area contributed by atoms with Gasteiger partial charge in [0.05, 0.1) is 0 Å². The van der Waals surface area contributed by atoms with Crippen LogP contribution >= 0.6 is 0 Å². The third-order valence-corrected chi connectivity index (χ3v) is 2.74. The van der Waals surface area contributed by atoms with Gasteiger partial charge in [0.1, 0.15) is 18.2 Å². The zero-order valence-electron chi connectivity index (χ0n) is 11.2. The number of anilines is 1. The van der Waals surface area contributed by atoms with Crippen LogP contribution in [-0.2, 0) is 0 Å². The van der Waals surface area contributed by atoms with Crippen molar-refractivity contribution < 1.29 is 9.13 Å². The normalized spacial score (nSPS) is 10.3. The van der Waals surface area contributed by atoms with Gasteiger partial charge in [-0.25, -0.2) is 4.39 Å². The minimum absolute atomic E-state index is 0.225. The van der Waals surface area contributed by atoms with E-state index in [0.29, 0.717) is 13.2 Å². The molecule has 0 atom stereocenters. The van der Waals surface area contributed by atoms with Crippen molar-refractivity contribution in [3.63, 3.8) is 0 Å². The molecule has 2 aromatic carbocycles. The Morgan fingerprint density at radius 1 is 1.00 bits per heavy atom. The summed E-state index contributed by atoms with van der Waals surface area (Å²) in [5.41, 5.74) is 3.29. The summed E-state index contributed by atoms with van der Waals surface area (Å²) in [5, 5.41) is 3.18. The Morgan fingerprint density at radius 3 is 2.26 bits per heavy atom. The van der Waals surface area contributed by atoms with Gasteiger partial charge < -0.3 is 10.1 Å². The highest BCUT2D eigenvalue weighted by atomic mass is 19.1. The summed E-state index contributed by atoms with van der Waals surface area (Å²) >= 11 is 0. The molecule has 0 aliphatic carbocycles. The average molecular weight is 259 g/mol. The molecule has 0 bridgehead atoms. The Labute approximate surface area is 113 Å². The first kappa shape index (κ1) is 13.4. The minimum atomic E-state index is -0.225. The predicted molar refractivity (Wildman–Crippen MR) is 76.3 cm³/mol. The molecule has 0 aliphatic heterocycles. The van der Waals surface area contributed by atoms with Crippen LogP contribution in [-0.4, -0.2) is 13.2 Å². The molecule has 2 nitrogen and oxygen atoms in total. The highest BCUT2D eigenvalue weighted by Gasteiger charge is 1.97. The van der Waals surface area contributed by atoms with Crippen molar-refractivity contribution in [2.45, 2.75) is 13.8 Å². The Bertz CT molecular complexity index is 517. The number of aryl methyl sites for hydroxylation is 2. The van der Waals surface area contributed by atoms with E-state index in [1.807, 2.05) is 12.1 Å². The van der Waals surface area contributed by atoms with Crippen molar-refractivity contribution in [1.29, 1.82) is 0 Å². The Hall–Kier alpha value is -2.03. The van der Waals surface area contributed by atoms with Gasteiger partial charge in [0.2, 0.25) is 0 Å². The number of rotatable bonds is 5. The lowest BCUT2D eigenvalue weighted by atomic mass is 10.1. The number of hydrogen-bond donors (Lipinski definition) is 1. The second kappa shape index (κ2) is 6.23. The van der Waals surface area contributed by atoms with Crippen molar-refractivity contribution in [3.05, 3.63) is 59.4 Å². The summed E-state index contributed by atoms with van der Waals surface area (Å²) in [5.74, 6) is 0.662. The molecule has 1 N–H and O–H groups in total. The Balaban J connectivity index is 1.79. The third-order valence-electron chi connectivity index (χ3n) is 2.74. The van der Waals surface area contributed by atoms with Crippen molar-refractivity contribution in [2.24, 2.45) is 0 Å². The zero-order valence-corrected chi connectivity index (χ0v) is 11.2. The third kappa shape index (κ3) is 4.28. The lowest BCUT2D eigenvalue weighted by Gasteiger charge is -2.10. The number of halogens is 1. The molecule has 3 heteroatoms. The van der Waals surface area contributed by atoms with E-state index in [4.69, 9.17) is 4.74 Å². The Morgan fingerprint density at radius 2 is 1.63 bits per heavy atom. The van der Waals surface area contributed by atoms with E-state index in [2.05, 4.69) is 25.2 Å². The molecule has 100 valence electrons. The van der Waals surface area contributed by atoms with E-state index in [-0.39, 0.29) is 5.82 Å². The standard InChI is InChI=1S/C16H18FNO/c1-12-9-13(2)11-16(10-12)19-8-7-18-15-5-3-14(17)4-6-15/h3-6,9-11,18H,7-8H2,1-2H3. The zero-order chi connectivity index (χ0) is 13.7. The smallest absolute Gasteiger partial charge is 0.123 e. The van der Waals surface area contributed by atoms with Crippen LogP contribution in [0.5, 0.6) is 5.75 Å². The summed E-state index contributed by atoms with van der Waals surface area (Å²) in [7, 11) is 0. The Kier molecular flexibility index (Phi) is 4.39. The van der Waals surface area contributed by atoms with Crippen molar-refractivity contribution >= 4 is 5.69 Å². The van der Waals surface area contributed by atoms with Gasteiger partial charge in [0.15, 0.2) is 0 Å². The SMILES string of the molecule is Cc1cc(C)cc(OCCNc2ccc(F)cc2)c1. The number of ether oxygens (including phenoxy) is 1. The van der Waals surface area contributed by atoms with Crippen molar-refractivity contribution in [1.82, 2.24) is 0 Å². The largest absolute Gasteiger partial charge is 0.492 e. The van der Waals surface area contributed by atoms with Gasteiger partial charge in [-0.05, 0) is 61.4 Å². The molecule has 2 rings (SSSR count). The first-order valence-corrected chi connectivity index (χ1v) is 6.34. The molecule has 0 saturated heterocycles. The molecule has 0 aliphatic rings. The van der Waals surface area contributed by atoms with E-state index >= 15 is 0 Å². The molecule has 0 radical (unpaired) electrons. The molecule has 0 heterocycles. The fourth-order valence-electron chi connectivity index (χ4n) is 1.95. The van der Waals surface area contributed by atoms with Crippen LogP contribution in [0.15, 0.2) is 42.5 Å². The summed E-state index contributed by atoms with van der Waals surface area (Å²) in [6.07, 6.45) is 0. The van der Waals surface area contributed by atoms with Crippen molar-refractivity contribution in [3.8, 4) is 5.75 Å². The van der Waals surface area contributed by atoms with Gasteiger partial charge in [0.25, 0.3) is 0 Å². The van der Waals surface area contributed by atoms with Gasteiger partial charge >= 0.3 is 0 Å². The predicted octanol–water partition coefficient (Wildman–Crippen LogP) is 3.93. The first-order chi connectivity index (χ1) is 9.13. The molecular formula is C16H18FNO. The van der Waals surface area contributed by atoms with E-state index in [1.54, 1.807) is 12.1 Å². The lowest BCUT2D eigenvalue weighted by Crippen LogP contribution is -2.11. The second-order valence-electron chi connectivity index (χ2n) is 4.61. The summed E-state index contributed by atoms with van der Waals surface area (Å²) in [6.45, 7) is 5.35. The average Bonchev–Trinajstić information content (AvgIpc) is 2.36. The molecular weight excluding hydrogens is 241 g/mol. The topological polar surface area (TPSA) is 21.3 Å². The summed E-state index contributed by atoms with van der Waals surface area (Å²) in [4.78, 5) is 0. The molecule has 0 spiro atoms.